The van der Waals surface area contributed by atoms with Crippen LogP contribution < -0.4 is 15.5 Å². The molecule has 3 aromatic carbocycles. The van der Waals surface area contributed by atoms with Crippen molar-refractivity contribution in [3.63, 3.8) is 0 Å². The first kappa shape index (κ1) is 27.1. The van der Waals surface area contributed by atoms with E-state index >= 15 is 0 Å². The lowest BCUT2D eigenvalue weighted by Gasteiger charge is -2.36. The number of carbonyl (C=O) groups is 1. The van der Waals surface area contributed by atoms with Gasteiger partial charge in [0.05, 0.1) is 5.02 Å². The number of anilines is 2. The second kappa shape index (κ2) is 12.2. The first-order valence-electron chi connectivity index (χ1n) is 12.3. The molecule has 0 radical (unpaired) electrons. The SMILES string of the molecule is O=C(NC(=S)Nc1ccc(N2CCN(Cc3ccccc3F)CC2)cc1)c1ccc(-c2cc(Cl)ccc2Cl)o1. The summed E-state index contributed by atoms with van der Waals surface area (Å²) >= 11 is 17.6. The van der Waals surface area contributed by atoms with Crippen molar-refractivity contribution in [2.24, 2.45) is 0 Å². The quantitative estimate of drug-likeness (QED) is 0.243. The lowest BCUT2D eigenvalue weighted by molar-refractivity contribution is 0.0951. The predicted molar refractivity (Wildman–Crippen MR) is 158 cm³/mol. The minimum atomic E-state index is -0.484. The number of nitrogens with one attached hydrogen (secondary N) is 2. The van der Waals surface area contributed by atoms with Crippen molar-refractivity contribution in [1.29, 1.82) is 0 Å². The Labute approximate surface area is 241 Å². The summed E-state index contributed by atoms with van der Waals surface area (Å²) < 4.78 is 19.7. The van der Waals surface area contributed by atoms with E-state index in [9.17, 15) is 9.18 Å². The number of rotatable bonds is 6. The summed E-state index contributed by atoms with van der Waals surface area (Å²) in [6.07, 6.45) is 0. The molecule has 0 atom stereocenters. The smallest absolute Gasteiger partial charge is 0.293 e. The molecule has 200 valence electrons. The summed E-state index contributed by atoms with van der Waals surface area (Å²) in [5.41, 5.74) is 3.15. The molecule has 2 N–H and O–H groups in total. The molecule has 0 unspecified atom stereocenters. The van der Waals surface area contributed by atoms with Crippen LogP contribution in [0.15, 0.2) is 83.3 Å². The summed E-state index contributed by atoms with van der Waals surface area (Å²) in [4.78, 5) is 17.2. The van der Waals surface area contributed by atoms with E-state index in [1.54, 1.807) is 36.4 Å². The van der Waals surface area contributed by atoms with E-state index in [1.807, 2.05) is 36.4 Å². The van der Waals surface area contributed by atoms with Crippen LogP contribution in [-0.2, 0) is 6.54 Å². The molecule has 10 heteroatoms. The standard InChI is InChI=1S/C29H25Cl2FN4O2S/c30-20-5-10-24(31)23(17-20)26-11-12-27(38-26)28(37)34-29(39)33-21-6-8-22(9-7-21)36-15-13-35(14-16-36)18-19-3-1-2-4-25(19)32/h1-12,17H,13-16,18H2,(H2,33,34,37,39). The Balaban J connectivity index is 1.12. The third-order valence-corrected chi connectivity index (χ3v) is 7.23. The number of carbonyl (C=O) groups excluding carboxylic acids is 1. The molecule has 4 aromatic rings. The van der Waals surface area contributed by atoms with Crippen molar-refractivity contribution < 1.29 is 13.6 Å². The van der Waals surface area contributed by atoms with Crippen molar-refractivity contribution in [2.45, 2.75) is 6.54 Å². The van der Waals surface area contributed by atoms with Gasteiger partial charge >= 0.3 is 0 Å². The monoisotopic (exact) mass is 582 g/mol. The fourth-order valence-electron chi connectivity index (χ4n) is 4.41. The number of piperazine rings is 1. The zero-order valence-electron chi connectivity index (χ0n) is 20.8. The van der Waals surface area contributed by atoms with E-state index in [-0.39, 0.29) is 16.7 Å². The van der Waals surface area contributed by atoms with Crippen LogP contribution in [0.2, 0.25) is 10.0 Å². The average Bonchev–Trinajstić information content (AvgIpc) is 3.43. The molecular weight excluding hydrogens is 558 g/mol. The van der Waals surface area contributed by atoms with Crippen molar-refractivity contribution >= 4 is 57.8 Å². The van der Waals surface area contributed by atoms with Gasteiger partial charge in [-0.3, -0.25) is 15.0 Å². The van der Waals surface area contributed by atoms with Gasteiger partial charge in [0.25, 0.3) is 5.91 Å². The van der Waals surface area contributed by atoms with Gasteiger partial charge in [0.2, 0.25) is 0 Å². The van der Waals surface area contributed by atoms with Gasteiger partial charge in [0, 0.05) is 60.2 Å². The number of nitrogens with zero attached hydrogens (tertiary/aromatic N) is 2. The van der Waals surface area contributed by atoms with E-state index in [0.29, 0.717) is 27.9 Å². The molecule has 0 aliphatic carbocycles. The van der Waals surface area contributed by atoms with Gasteiger partial charge in [-0.1, -0.05) is 41.4 Å². The van der Waals surface area contributed by atoms with Crippen LogP contribution in [0.3, 0.4) is 0 Å². The highest BCUT2D eigenvalue weighted by molar-refractivity contribution is 7.80. The molecule has 0 spiro atoms. The van der Waals surface area contributed by atoms with Crippen molar-refractivity contribution in [3.05, 3.63) is 106 Å². The van der Waals surface area contributed by atoms with Gasteiger partial charge in [-0.15, -0.1) is 0 Å². The van der Waals surface area contributed by atoms with E-state index in [2.05, 4.69) is 20.4 Å². The summed E-state index contributed by atoms with van der Waals surface area (Å²) in [6.45, 7) is 4.01. The normalized spacial score (nSPS) is 13.8. The molecule has 1 saturated heterocycles. The maximum Gasteiger partial charge on any atom is 0.293 e. The van der Waals surface area contributed by atoms with Gasteiger partial charge in [-0.25, -0.2) is 4.39 Å². The summed E-state index contributed by atoms with van der Waals surface area (Å²) in [5, 5.41) is 6.77. The maximum atomic E-state index is 14.0. The molecule has 6 nitrogen and oxygen atoms in total. The highest BCUT2D eigenvalue weighted by Crippen LogP contribution is 2.32. The third kappa shape index (κ3) is 6.78. The second-order valence-corrected chi connectivity index (χ2v) is 10.3. The van der Waals surface area contributed by atoms with Crippen LogP contribution in [0.25, 0.3) is 11.3 Å². The Kier molecular flexibility index (Phi) is 8.47. The minimum absolute atomic E-state index is 0.0923. The predicted octanol–water partition coefficient (Wildman–Crippen LogP) is 6.84. The first-order chi connectivity index (χ1) is 18.9. The molecule has 1 aliphatic rings. The molecule has 1 aromatic heterocycles. The van der Waals surface area contributed by atoms with E-state index < -0.39 is 5.91 Å². The van der Waals surface area contributed by atoms with Gasteiger partial charge in [-0.05, 0) is 72.9 Å². The summed E-state index contributed by atoms with van der Waals surface area (Å²) in [6, 6.07) is 23.0. The Hall–Kier alpha value is -3.43. The molecule has 1 fully saturated rings. The zero-order chi connectivity index (χ0) is 27.4. The van der Waals surface area contributed by atoms with Crippen LogP contribution >= 0.6 is 35.4 Å². The number of hydrogen-bond donors (Lipinski definition) is 2. The number of thiocarbonyl (C=S) groups is 1. The van der Waals surface area contributed by atoms with Crippen LogP contribution in [-0.4, -0.2) is 42.1 Å². The van der Waals surface area contributed by atoms with E-state index in [1.165, 1.54) is 6.07 Å². The minimum Gasteiger partial charge on any atom is -0.451 e. The lowest BCUT2D eigenvalue weighted by Crippen LogP contribution is -2.46. The zero-order valence-corrected chi connectivity index (χ0v) is 23.1. The summed E-state index contributed by atoms with van der Waals surface area (Å²) in [7, 11) is 0. The second-order valence-electron chi connectivity index (χ2n) is 9.10. The van der Waals surface area contributed by atoms with Crippen LogP contribution in [0.4, 0.5) is 15.8 Å². The Morgan fingerprint density at radius 2 is 1.69 bits per heavy atom. The molecule has 39 heavy (non-hydrogen) atoms. The molecule has 1 amide bonds. The lowest BCUT2D eigenvalue weighted by atomic mass is 10.1. The van der Waals surface area contributed by atoms with E-state index in [4.69, 9.17) is 39.8 Å². The van der Waals surface area contributed by atoms with Gasteiger partial charge in [-0.2, -0.15) is 0 Å². The van der Waals surface area contributed by atoms with Gasteiger partial charge in [0.15, 0.2) is 10.9 Å². The largest absolute Gasteiger partial charge is 0.451 e. The van der Waals surface area contributed by atoms with Crippen LogP contribution in [0, 0.1) is 5.82 Å². The number of halogens is 3. The Bertz CT molecular complexity index is 1490. The fourth-order valence-corrected chi connectivity index (χ4v) is 5.00. The fraction of sp³-hybridized carbons (Fsp3) is 0.172. The molecule has 1 aliphatic heterocycles. The van der Waals surface area contributed by atoms with Crippen molar-refractivity contribution in [1.82, 2.24) is 10.2 Å². The highest BCUT2D eigenvalue weighted by Gasteiger charge is 2.19. The third-order valence-electron chi connectivity index (χ3n) is 6.47. The first-order valence-corrected chi connectivity index (χ1v) is 13.5. The maximum absolute atomic E-state index is 14.0. The Morgan fingerprint density at radius 1 is 0.949 bits per heavy atom. The molecule has 5 rings (SSSR count). The van der Waals surface area contributed by atoms with Gasteiger partial charge in [0.1, 0.15) is 11.6 Å². The number of furan rings is 1. The van der Waals surface area contributed by atoms with Crippen LogP contribution in [0.1, 0.15) is 16.1 Å². The van der Waals surface area contributed by atoms with Gasteiger partial charge < -0.3 is 14.6 Å². The number of hydrogen-bond acceptors (Lipinski definition) is 5. The molecule has 2 heterocycles. The Morgan fingerprint density at radius 3 is 2.44 bits per heavy atom. The van der Waals surface area contributed by atoms with Crippen molar-refractivity contribution in [3.8, 4) is 11.3 Å². The summed E-state index contributed by atoms with van der Waals surface area (Å²) in [5.74, 6) is -0.125. The van der Waals surface area contributed by atoms with E-state index in [0.717, 1.165) is 43.1 Å². The average molecular weight is 584 g/mol. The van der Waals surface area contributed by atoms with Crippen molar-refractivity contribution in [2.75, 3.05) is 36.4 Å². The topological polar surface area (TPSA) is 60.8 Å². The van der Waals surface area contributed by atoms with Crippen LogP contribution in [0.5, 0.6) is 0 Å². The number of amides is 1. The molecule has 0 bridgehead atoms. The molecular formula is C29H25Cl2FN4O2S. The highest BCUT2D eigenvalue weighted by atomic mass is 35.5. The molecule has 0 saturated carbocycles. The number of benzene rings is 3.